The molecule has 0 aromatic heterocycles. The van der Waals surface area contributed by atoms with Crippen molar-refractivity contribution in [3.8, 4) is 0 Å². The summed E-state index contributed by atoms with van der Waals surface area (Å²) in [7, 11) is 0. The number of amides is 2. The van der Waals surface area contributed by atoms with Gasteiger partial charge in [0.1, 0.15) is 5.70 Å². The van der Waals surface area contributed by atoms with Crippen molar-refractivity contribution in [3.63, 3.8) is 0 Å². The van der Waals surface area contributed by atoms with Crippen molar-refractivity contribution in [2.45, 2.75) is 13.8 Å². The molecule has 0 saturated carbocycles. The van der Waals surface area contributed by atoms with Crippen LogP contribution in [0.25, 0.3) is 5.57 Å². The highest BCUT2D eigenvalue weighted by molar-refractivity contribution is 6.35. The van der Waals surface area contributed by atoms with Crippen molar-refractivity contribution in [3.05, 3.63) is 87.6 Å². The number of hydrogen-bond donors (Lipinski definition) is 0. The standard InChI is InChI=1S/C25H26N4O4/c1-4-12-28-24(30)22(19-8-10-20(11-9-19)29(32)33)23(25(28)31)27-15-13-26(14-16-27)21-7-5-6-17(2)18(21)3/h4-11H,1,12-16H2,2-3H3. The smallest absolute Gasteiger partial charge is 0.278 e. The van der Waals surface area contributed by atoms with Crippen LogP contribution in [0.5, 0.6) is 0 Å². The number of piperazine rings is 1. The largest absolute Gasteiger partial charge is 0.368 e. The average molecular weight is 447 g/mol. The van der Waals surface area contributed by atoms with Gasteiger partial charge in [0.05, 0.1) is 10.5 Å². The molecule has 33 heavy (non-hydrogen) atoms. The molecule has 1 fully saturated rings. The summed E-state index contributed by atoms with van der Waals surface area (Å²) in [6.45, 7) is 10.6. The van der Waals surface area contributed by atoms with Crippen LogP contribution in [0.4, 0.5) is 11.4 Å². The third-order valence-electron chi connectivity index (χ3n) is 6.33. The zero-order valence-corrected chi connectivity index (χ0v) is 18.8. The van der Waals surface area contributed by atoms with Crippen LogP contribution in [-0.2, 0) is 9.59 Å². The second-order valence-electron chi connectivity index (χ2n) is 8.23. The van der Waals surface area contributed by atoms with Gasteiger partial charge >= 0.3 is 0 Å². The number of hydrogen-bond acceptors (Lipinski definition) is 6. The van der Waals surface area contributed by atoms with Gasteiger partial charge in [-0.05, 0) is 48.7 Å². The molecule has 0 N–H and O–H groups in total. The molecule has 2 heterocycles. The van der Waals surface area contributed by atoms with Crippen LogP contribution in [0.15, 0.2) is 60.8 Å². The first-order valence-corrected chi connectivity index (χ1v) is 10.9. The van der Waals surface area contributed by atoms with Gasteiger partial charge in [-0.3, -0.25) is 24.6 Å². The molecule has 0 spiro atoms. The topological polar surface area (TPSA) is 87.0 Å². The van der Waals surface area contributed by atoms with E-state index in [1.54, 1.807) is 0 Å². The molecule has 4 rings (SSSR count). The molecule has 8 heteroatoms. The summed E-state index contributed by atoms with van der Waals surface area (Å²) in [4.78, 5) is 42.4. The van der Waals surface area contributed by atoms with E-state index in [-0.39, 0.29) is 23.7 Å². The van der Waals surface area contributed by atoms with Gasteiger partial charge in [-0.1, -0.05) is 18.2 Å². The van der Waals surface area contributed by atoms with Crippen molar-refractivity contribution >= 4 is 28.8 Å². The highest BCUT2D eigenvalue weighted by Crippen LogP contribution is 2.33. The van der Waals surface area contributed by atoms with E-state index in [1.807, 2.05) is 11.0 Å². The van der Waals surface area contributed by atoms with Gasteiger partial charge in [0.25, 0.3) is 17.5 Å². The van der Waals surface area contributed by atoms with E-state index >= 15 is 0 Å². The average Bonchev–Trinajstić information content (AvgIpc) is 3.06. The number of aryl methyl sites for hydroxylation is 1. The maximum Gasteiger partial charge on any atom is 0.278 e. The van der Waals surface area contributed by atoms with Gasteiger partial charge < -0.3 is 9.80 Å². The normalized spacial score (nSPS) is 16.6. The van der Waals surface area contributed by atoms with Crippen molar-refractivity contribution in [1.29, 1.82) is 0 Å². The minimum absolute atomic E-state index is 0.0669. The Morgan fingerprint density at radius 3 is 2.21 bits per heavy atom. The summed E-state index contributed by atoms with van der Waals surface area (Å²) in [5, 5.41) is 11.0. The number of rotatable bonds is 6. The Hall–Kier alpha value is -3.94. The van der Waals surface area contributed by atoms with E-state index in [2.05, 4.69) is 37.5 Å². The lowest BCUT2D eigenvalue weighted by Crippen LogP contribution is -2.47. The fraction of sp³-hybridized carbons (Fsp3) is 0.280. The minimum Gasteiger partial charge on any atom is -0.368 e. The molecule has 0 unspecified atom stereocenters. The highest BCUT2D eigenvalue weighted by Gasteiger charge is 2.41. The molecule has 2 aliphatic rings. The van der Waals surface area contributed by atoms with E-state index in [1.165, 1.54) is 52.1 Å². The first-order chi connectivity index (χ1) is 15.8. The van der Waals surface area contributed by atoms with Crippen molar-refractivity contribution in [1.82, 2.24) is 9.80 Å². The van der Waals surface area contributed by atoms with Crippen LogP contribution in [0.3, 0.4) is 0 Å². The van der Waals surface area contributed by atoms with Gasteiger partial charge in [-0.15, -0.1) is 6.58 Å². The molecule has 2 aromatic rings. The first-order valence-electron chi connectivity index (χ1n) is 10.9. The lowest BCUT2D eigenvalue weighted by molar-refractivity contribution is -0.384. The molecule has 0 atom stereocenters. The number of carbonyl (C=O) groups excluding carboxylic acids is 2. The Bertz CT molecular complexity index is 1160. The molecule has 2 amide bonds. The predicted octanol–water partition coefficient (Wildman–Crippen LogP) is 3.30. The summed E-state index contributed by atoms with van der Waals surface area (Å²) in [6, 6.07) is 12.0. The Kier molecular flexibility index (Phi) is 6.00. The van der Waals surface area contributed by atoms with Crippen LogP contribution < -0.4 is 4.90 Å². The summed E-state index contributed by atoms with van der Waals surface area (Å²) in [6.07, 6.45) is 1.52. The molecular formula is C25H26N4O4. The van der Waals surface area contributed by atoms with Gasteiger partial charge in [0.15, 0.2) is 0 Å². The number of carbonyl (C=O) groups is 2. The van der Waals surface area contributed by atoms with Gasteiger partial charge in [0, 0.05) is 50.5 Å². The SMILES string of the molecule is C=CCN1C(=O)C(c2ccc([N+](=O)[O-])cc2)=C(N2CCN(c3cccc(C)c3C)CC2)C1=O. The maximum absolute atomic E-state index is 13.3. The van der Waals surface area contributed by atoms with Crippen LogP contribution in [-0.4, -0.2) is 59.3 Å². The van der Waals surface area contributed by atoms with Gasteiger partial charge in [-0.25, -0.2) is 0 Å². The summed E-state index contributed by atoms with van der Waals surface area (Å²) >= 11 is 0. The zero-order chi connectivity index (χ0) is 23.7. The molecule has 0 radical (unpaired) electrons. The Labute approximate surface area is 192 Å². The molecule has 0 aliphatic carbocycles. The second-order valence-corrected chi connectivity index (χ2v) is 8.23. The fourth-order valence-electron chi connectivity index (χ4n) is 4.41. The quantitative estimate of drug-likeness (QED) is 0.293. The van der Waals surface area contributed by atoms with Crippen LogP contribution >= 0.6 is 0 Å². The fourth-order valence-corrected chi connectivity index (χ4v) is 4.41. The third kappa shape index (κ3) is 4.00. The summed E-state index contributed by atoms with van der Waals surface area (Å²) in [5.74, 6) is -0.755. The summed E-state index contributed by atoms with van der Waals surface area (Å²) in [5.41, 5.74) is 4.73. The highest BCUT2D eigenvalue weighted by atomic mass is 16.6. The van der Waals surface area contributed by atoms with Crippen molar-refractivity contribution in [2.75, 3.05) is 37.6 Å². The third-order valence-corrected chi connectivity index (χ3v) is 6.33. The molecular weight excluding hydrogens is 420 g/mol. The summed E-state index contributed by atoms with van der Waals surface area (Å²) < 4.78 is 0. The Balaban J connectivity index is 1.66. The number of imide groups is 1. The van der Waals surface area contributed by atoms with E-state index < -0.39 is 10.8 Å². The van der Waals surface area contributed by atoms with E-state index in [0.717, 1.165) is 0 Å². The molecule has 2 aromatic carbocycles. The van der Waals surface area contributed by atoms with Crippen LogP contribution in [0.1, 0.15) is 16.7 Å². The maximum atomic E-state index is 13.3. The van der Waals surface area contributed by atoms with Crippen molar-refractivity contribution < 1.29 is 14.5 Å². The number of non-ortho nitro benzene ring substituents is 1. The first kappa shape index (κ1) is 22.3. The molecule has 170 valence electrons. The lowest BCUT2D eigenvalue weighted by atomic mass is 10.0. The number of nitro groups is 1. The van der Waals surface area contributed by atoms with Crippen LogP contribution in [0.2, 0.25) is 0 Å². The van der Waals surface area contributed by atoms with E-state index in [0.29, 0.717) is 37.4 Å². The Morgan fingerprint density at radius 1 is 0.970 bits per heavy atom. The Morgan fingerprint density at radius 2 is 1.61 bits per heavy atom. The second kappa shape index (κ2) is 8.90. The molecule has 1 saturated heterocycles. The zero-order valence-electron chi connectivity index (χ0n) is 18.8. The number of nitrogens with zero attached hydrogens (tertiary/aromatic N) is 4. The van der Waals surface area contributed by atoms with E-state index in [9.17, 15) is 19.7 Å². The monoisotopic (exact) mass is 446 g/mol. The molecule has 8 nitrogen and oxygen atoms in total. The number of benzene rings is 2. The minimum atomic E-state index is -0.489. The van der Waals surface area contributed by atoms with Crippen LogP contribution in [0, 0.1) is 24.0 Å². The van der Waals surface area contributed by atoms with E-state index in [4.69, 9.17) is 0 Å². The predicted molar refractivity (Wildman–Crippen MR) is 127 cm³/mol. The number of anilines is 1. The van der Waals surface area contributed by atoms with Gasteiger partial charge in [0.2, 0.25) is 0 Å². The molecule has 2 aliphatic heterocycles. The lowest BCUT2D eigenvalue weighted by Gasteiger charge is -2.38. The molecule has 0 bridgehead atoms. The number of nitro benzene ring substituents is 1. The van der Waals surface area contributed by atoms with Gasteiger partial charge in [-0.2, -0.15) is 0 Å². The van der Waals surface area contributed by atoms with Crippen molar-refractivity contribution in [2.24, 2.45) is 0 Å².